The van der Waals surface area contributed by atoms with Gasteiger partial charge in [-0.3, -0.25) is 14.6 Å². The number of amides is 1. The lowest BCUT2D eigenvalue weighted by Gasteiger charge is -2.07. The molecule has 0 fully saturated rings. The highest BCUT2D eigenvalue weighted by Crippen LogP contribution is 2.19. The Morgan fingerprint density at radius 1 is 0.960 bits per heavy atom. The molecule has 6 heteroatoms. The molecular formula is C19H17N3O3. The second kappa shape index (κ2) is 8.01. The van der Waals surface area contributed by atoms with Crippen LogP contribution in [0.2, 0.25) is 0 Å². The average molecular weight is 335 g/mol. The maximum absolute atomic E-state index is 12.0. The minimum absolute atomic E-state index is 0.0495. The summed E-state index contributed by atoms with van der Waals surface area (Å²) in [5, 5.41) is 2.77. The van der Waals surface area contributed by atoms with E-state index in [1.807, 2.05) is 6.07 Å². The number of carbonyl (C=O) groups excluding carboxylic acids is 2. The Hall–Kier alpha value is -3.28. The molecule has 126 valence electrons. The van der Waals surface area contributed by atoms with E-state index in [2.05, 4.69) is 15.3 Å². The zero-order chi connectivity index (χ0) is 17.5. The Kier molecular flexibility index (Phi) is 5.31. The van der Waals surface area contributed by atoms with Crippen LogP contribution < -0.4 is 5.32 Å². The second-order valence-corrected chi connectivity index (χ2v) is 5.39. The quantitative estimate of drug-likeness (QED) is 0.671. The first-order valence-corrected chi connectivity index (χ1v) is 7.93. The summed E-state index contributed by atoms with van der Waals surface area (Å²) < 4.78 is 5.34. The van der Waals surface area contributed by atoms with Crippen molar-refractivity contribution in [2.75, 3.05) is 0 Å². The SMILES string of the molecule is O=C(CCC(=O)c1ccccc1)NCc1nccnc1-c1ccco1. The molecule has 0 aliphatic rings. The molecule has 0 saturated heterocycles. The van der Waals surface area contributed by atoms with Crippen molar-refractivity contribution in [2.24, 2.45) is 0 Å². The zero-order valence-corrected chi connectivity index (χ0v) is 13.5. The van der Waals surface area contributed by atoms with E-state index < -0.39 is 0 Å². The van der Waals surface area contributed by atoms with Gasteiger partial charge < -0.3 is 9.73 Å². The first-order chi connectivity index (χ1) is 12.2. The molecule has 1 amide bonds. The average Bonchev–Trinajstić information content (AvgIpc) is 3.20. The van der Waals surface area contributed by atoms with Gasteiger partial charge in [-0.1, -0.05) is 30.3 Å². The number of Topliss-reactive ketones (excluding diaryl/α,β-unsaturated/α-hetero) is 1. The number of nitrogens with zero attached hydrogens (tertiary/aromatic N) is 2. The number of carbonyl (C=O) groups is 2. The lowest BCUT2D eigenvalue weighted by molar-refractivity contribution is -0.121. The van der Waals surface area contributed by atoms with E-state index in [0.717, 1.165) is 0 Å². The summed E-state index contributed by atoms with van der Waals surface area (Å²) in [7, 11) is 0. The summed E-state index contributed by atoms with van der Waals surface area (Å²) >= 11 is 0. The molecular weight excluding hydrogens is 318 g/mol. The van der Waals surface area contributed by atoms with Crippen LogP contribution in [-0.4, -0.2) is 21.7 Å². The third-order valence-electron chi connectivity index (χ3n) is 3.66. The van der Waals surface area contributed by atoms with Crippen LogP contribution in [0.25, 0.3) is 11.5 Å². The van der Waals surface area contributed by atoms with Crippen LogP contribution >= 0.6 is 0 Å². The second-order valence-electron chi connectivity index (χ2n) is 5.39. The Bertz CT molecular complexity index is 845. The summed E-state index contributed by atoms with van der Waals surface area (Å²) in [4.78, 5) is 32.5. The molecule has 0 spiro atoms. The molecule has 0 unspecified atom stereocenters. The smallest absolute Gasteiger partial charge is 0.220 e. The first kappa shape index (κ1) is 16.6. The minimum Gasteiger partial charge on any atom is -0.463 e. The normalized spacial score (nSPS) is 10.4. The van der Waals surface area contributed by atoms with E-state index >= 15 is 0 Å². The third kappa shape index (κ3) is 4.38. The van der Waals surface area contributed by atoms with Gasteiger partial charge in [-0.15, -0.1) is 0 Å². The Morgan fingerprint density at radius 3 is 2.52 bits per heavy atom. The predicted octanol–water partition coefficient (Wildman–Crippen LogP) is 3.02. The van der Waals surface area contributed by atoms with Crippen LogP contribution in [0.3, 0.4) is 0 Å². The van der Waals surface area contributed by atoms with Crippen molar-refractivity contribution < 1.29 is 14.0 Å². The molecule has 3 rings (SSSR count). The molecule has 6 nitrogen and oxygen atoms in total. The van der Waals surface area contributed by atoms with Crippen molar-refractivity contribution in [3.8, 4) is 11.5 Å². The monoisotopic (exact) mass is 335 g/mol. The highest BCUT2D eigenvalue weighted by molar-refractivity contribution is 5.97. The molecule has 25 heavy (non-hydrogen) atoms. The van der Waals surface area contributed by atoms with Gasteiger partial charge in [0.1, 0.15) is 5.69 Å². The molecule has 2 aromatic heterocycles. The van der Waals surface area contributed by atoms with Crippen LogP contribution in [0.1, 0.15) is 28.9 Å². The number of rotatable bonds is 7. The maximum Gasteiger partial charge on any atom is 0.220 e. The molecule has 1 aromatic carbocycles. The number of hydrogen-bond donors (Lipinski definition) is 1. The lowest BCUT2D eigenvalue weighted by atomic mass is 10.1. The number of nitrogens with one attached hydrogen (secondary N) is 1. The fraction of sp³-hybridized carbons (Fsp3) is 0.158. The summed E-state index contributed by atoms with van der Waals surface area (Å²) in [6.07, 6.45) is 4.99. The van der Waals surface area contributed by atoms with Gasteiger partial charge in [0, 0.05) is 30.8 Å². The van der Waals surface area contributed by atoms with E-state index in [4.69, 9.17) is 4.42 Å². The Labute approximate surface area is 144 Å². The van der Waals surface area contributed by atoms with Gasteiger partial charge in [0.2, 0.25) is 5.91 Å². The molecule has 0 aliphatic heterocycles. The number of hydrogen-bond acceptors (Lipinski definition) is 5. The van der Waals surface area contributed by atoms with Crippen molar-refractivity contribution in [2.45, 2.75) is 19.4 Å². The van der Waals surface area contributed by atoms with Gasteiger partial charge in [0.05, 0.1) is 18.5 Å². The molecule has 2 heterocycles. The lowest BCUT2D eigenvalue weighted by Crippen LogP contribution is -2.24. The van der Waals surface area contributed by atoms with E-state index in [9.17, 15) is 9.59 Å². The van der Waals surface area contributed by atoms with E-state index in [1.54, 1.807) is 55.1 Å². The number of furan rings is 1. The van der Waals surface area contributed by atoms with E-state index in [-0.39, 0.29) is 31.1 Å². The maximum atomic E-state index is 12.0. The fourth-order valence-corrected chi connectivity index (χ4v) is 2.38. The molecule has 0 bridgehead atoms. The van der Waals surface area contributed by atoms with Crippen LogP contribution in [0.15, 0.2) is 65.5 Å². The van der Waals surface area contributed by atoms with Crippen LogP contribution in [0, 0.1) is 0 Å². The van der Waals surface area contributed by atoms with Crippen LogP contribution in [-0.2, 0) is 11.3 Å². The van der Waals surface area contributed by atoms with Gasteiger partial charge in [-0.05, 0) is 12.1 Å². The minimum atomic E-state index is -0.208. The summed E-state index contributed by atoms with van der Waals surface area (Å²) in [5.74, 6) is 0.337. The summed E-state index contributed by atoms with van der Waals surface area (Å²) in [6, 6.07) is 12.5. The summed E-state index contributed by atoms with van der Waals surface area (Å²) in [5.41, 5.74) is 1.82. The number of aromatic nitrogens is 2. The van der Waals surface area contributed by atoms with E-state index in [0.29, 0.717) is 22.7 Å². The molecule has 1 N–H and O–H groups in total. The van der Waals surface area contributed by atoms with Crippen LogP contribution in [0.4, 0.5) is 0 Å². The zero-order valence-electron chi connectivity index (χ0n) is 13.5. The van der Waals surface area contributed by atoms with Crippen molar-refractivity contribution in [1.29, 1.82) is 0 Å². The van der Waals surface area contributed by atoms with Gasteiger partial charge in [-0.2, -0.15) is 0 Å². The van der Waals surface area contributed by atoms with Crippen molar-refractivity contribution in [1.82, 2.24) is 15.3 Å². The van der Waals surface area contributed by atoms with Crippen molar-refractivity contribution in [3.63, 3.8) is 0 Å². The molecule has 3 aromatic rings. The molecule has 0 radical (unpaired) electrons. The summed E-state index contributed by atoms with van der Waals surface area (Å²) in [6.45, 7) is 0.224. The van der Waals surface area contributed by atoms with E-state index in [1.165, 1.54) is 0 Å². The first-order valence-electron chi connectivity index (χ1n) is 7.93. The molecule has 0 saturated carbocycles. The highest BCUT2D eigenvalue weighted by atomic mass is 16.3. The van der Waals surface area contributed by atoms with Crippen LogP contribution in [0.5, 0.6) is 0 Å². The van der Waals surface area contributed by atoms with Gasteiger partial charge in [0.15, 0.2) is 11.5 Å². The largest absolute Gasteiger partial charge is 0.463 e. The standard InChI is InChI=1S/C19H17N3O3/c23-16(14-5-2-1-3-6-14)8-9-18(24)22-13-15-19(21-11-10-20-15)17-7-4-12-25-17/h1-7,10-12H,8-9,13H2,(H,22,24). The fourth-order valence-electron chi connectivity index (χ4n) is 2.38. The highest BCUT2D eigenvalue weighted by Gasteiger charge is 2.13. The predicted molar refractivity (Wildman–Crippen MR) is 91.6 cm³/mol. The Morgan fingerprint density at radius 2 is 1.76 bits per heavy atom. The topological polar surface area (TPSA) is 85.1 Å². The van der Waals surface area contributed by atoms with Crippen molar-refractivity contribution in [3.05, 3.63) is 72.4 Å². The van der Waals surface area contributed by atoms with Gasteiger partial charge in [-0.25, -0.2) is 4.98 Å². The van der Waals surface area contributed by atoms with Crippen molar-refractivity contribution >= 4 is 11.7 Å². The Balaban J connectivity index is 1.54. The molecule has 0 aliphatic carbocycles. The van der Waals surface area contributed by atoms with Gasteiger partial charge >= 0.3 is 0 Å². The van der Waals surface area contributed by atoms with Gasteiger partial charge in [0.25, 0.3) is 0 Å². The molecule has 0 atom stereocenters. The number of ketones is 1. The number of benzene rings is 1. The third-order valence-corrected chi connectivity index (χ3v) is 3.66.